The van der Waals surface area contributed by atoms with Crippen molar-refractivity contribution in [3.63, 3.8) is 0 Å². The van der Waals surface area contributed by atoms with E-state index in [4.69, 9.17) is 23.4 Å². The molecule has 0 radical (unpaired) electrons. The van der Waals surface area contributed by atoms with Crippen molar-refractivity contribution in [2.75, 3.05) is 75.9 Å². The Kier molecular flexibility index (Phi) is 20.7. The number of H-pyrrole nitrogens is 4. The summed E-state index contributed by atoms with van der Waals surface area (Å²) in [7, 11) is 6.63. The van der Waals surface area contributed by atoms with Crippen molar-refractivity contribution in [1.29, 1.82) is 0 Å². The van der Waals surface area contributed by atoms with Crippen LogP contribution in [0.3, 0.4) is 0 Å². The van der Waals surface area contributed by atoms with Crippen LogP contribution in [0.25, 0.3) is 88.8 Å². The highest BCUT2D eigenvalue weighted by atomic mass is 32.1. The van der Waals surface area contributed by atoms with Crippen molar-refractivity contribution in [1.82, 2.24) is 64.8 Å². The zero-order valence-corrected chi connectivity index (χ0v) is 62.7. The lowest BCUT2D eigenvalue weighted by Gasteiger charge is -2.14. The van der Waals surface area contributed by atoms with Crippen molar-refractivity contribution in [3.8, 4) is 67.6 Å². The number of ether oxygens (including phenoxy) is 4. The van der Waals surface area contributed by atoms with E-state index in [0.29, 0.717) is 60.9 Å². The van der Waals surface area contributed by atoms with Crippen LogP contribution >= 0.6 is 11.3 Å². The Balaban J connectivity index is 0.000000110. The topological polar surface area (TPSA) is 327 Å². The number of fused-ring (bicyclic) bond motifs is 4. The Morgan fingerprint density at radius 2 is 0.719 bits per heavy atom. The molecule has 27 heteroatoms. The lowest BCUT2D eigenvalue weighted by molar-refractivity contribution is 0.417. The fourth-order valence-electron chi connectivity index (χ4n) is 13.7. The predicted molar refractivity (Wildman–Crippen MR) is 453 cm³/mol. The number of aliphatic imine (C=N–C) groups is 4. The van der Waals surface area contributed by atoms with Crippen molar-refractivity contribution >= 4 is 124 Å². The molecule has 0 atom stereocenters. The number of furan rings is 1. The van der Waals surface area contributed by atoms with Crippen LogP contribution in [0, 0.1) is 0 Å². The smallest absolute Gasteiger partial charge is 0.144 e. The van der Waals surface area contributed by atoms with E-state index >= 15 is 0 Å². The minimum Gasteiger partial charge on any atom is -0.495 e. The molecule has 5 aromatic carbocycles. The molecule has 0 saturated heterocycles. The van der Waals surface area contributed by atoms with Crippen molar-refractivity contribution < 1.29 is 23.4 Å². The third-order valence-corrected chi connectivity index (χ3v) is 19.8. The molecule has 4 aliphatic rings. The van der Waals surface area contributed by atoms with E-state index in [-0.39, 0.29) is 0 Å². The summed E-state index contributed by atoms with van der Waals surface area (Å²) in [6, 6.07) is 44.1. The molecule has 26 nitrogen and oxygen atoms in total. The van der Waals surface area contributed by atoms with E-state index in [2.05, 4.69) is 159 Å². The summed E-state index contributed by atoms with van der Waals surface area (Å²) >= 11 is 1.68. The lowest BCUT2D eigenvalue weighted by Crippen LogP contribution is -2.01. The van der Waals surface area contributed by atoms with Gasteiger partial charge in [0.05, 0.1) is 140 Å². The monoisotopic (exact) mass is 1520 g/mol. The summed E-state index contributed by atoms with van der Waals surface area (Å²) in [4.78, 5) is 70.8. The number of thiophene rings is 1. The van der Waals surface area contributed by atoms with Crippen LogP contribution in [-0.4, -0.2) is 142 Å². The summed E-state index contributed by atoms with van der Waals surface area (Å²) in [5.41, 5.74) is 22.3. The number of rotatable bonds is 20. The molecule has 20 rings (SSSR count). The number of allylic oxidation sites excluding steroid dienone is 4. The minimum absolute atomic E-state index is 0.686. The van der Waals surface area contributed by atoms with Gasteiger partial charge in [-0.3, -0.25) is 25.0 Å². The molecule has 0 fully saturated rings. The second kappa shape index (κ2) is 32.9. The molecular formula is C87H71N21O5S. The predicted octanol–water partition coefficient (Wildman–Crippen LogP) is 18.0. The molecule has 0 spiro atoms. The van der Waals surface area contributed by atoms with E-state index in [9.17, 15) is 0 Å². The summed E-state index contributed by atoms with van der Waals surface area (Å²) in [6.45, 7) is 2.79. The Bertz CT molecular complexity index is 6060. The van der Waals surface area contributed by atoms with Crippen LogP contribution in [0.4, 0.5) is 46.0 Å². The van der Waals surface area contributed by atoms with Gasteiger partial charge in [-0.1, -0.05) is 78.9 Å². The first-order chi connectivity index (χ1) is 56.3. The summed E-state index contributed by atoms with van der Waals surface area (Å²) in [6.07, 6.45) is 35.2. The second-order valence-corrected chi connectivity index (χ2v) is 26.7. The van der Waals surface area contributed by atoms with Gasteiger partial charge in [-0.25, -0.2) is 39.9 Å². The quantitative estimate of drug-likeness (QED) is 0.0351. The Hall–Kier alpha value is -15.3. The van der Waals surface area contributed by atoms with Gasteiger partial charge in [0.15, 0.2) is 0 Å². The molecule has 0 bridgehead atoms. The average Bonchev–Trinajstić information content (AvgIpc) is 1.63. The highest BCUT2D eigenvalue weighted by Crippen LogP contribution is 2.41. The highest BCUT2D eigenvalue weighted by Gasteiger charge is 2.23. The van der Waals surface area contributed by atoms with Crippen LogP contribution in [0.2, 0.25) is 0 Å². The van der Waals surface area contributed by atoms with E-state index in [1.807, 2.05) is 164 Å². The van der Waals surface area contributed by atoms with Crippen molar-refractivity contribution in [2.45, 2.75) is 0 Å². The van der Waals surface area contributed by atoms with E-state index in [1.165, 1.54) is 18.2 Å². The summed E-state index contributed by atoms with van der Waals surface area (Å²) < 4.78 is 27.5. The number of hydrogen-bond acceptors (Lipinski definition) is 23. The lowest BCUT2D eigenvalue weighted by atomic mass is 10.0. The molecule has 16 aromatic rings. The van der Waals surface area contributed by atoms with Crippen LogP contribution < -0.4 is 40.2 Å². The molecule has 0 saturated carbocycles. The first kappa shape index (κ1) is 71.7. The Morgan fingerprint density at radius 3 is 1.05 bits per heavy atom. The van der Waals surface area contributed by atoms with Crippen LogP contribution in [-0.2, 0) is 0 Å². The van der Waals surface area contributed by atoms with Gasteiger partial charge >= 0.3 is 0 Å². The normalized spacial score (nSPS) is 13.0. The molecule has 0 amide bonds. The minimum atomic E-state index is 0.686. The third kappa shape index (κ3) is 15.1. The standard InChI is InChI=1S/C23H19N5O.C22H18N6O.C21H17N5O2.C21H17N5OS/c1-29-20-10-9-16(15-6-3-2-4-7-15)12-19(20)28-23-21-17(18-8-5-11-24-18)13-25-22(21)26-14-27-23;1-29-19-8-7-14(16-5-2-3-9-23-16)11-18(19)28-22-20-15(17-6-4-10-24-17)12-25-21(20)26-13-27-22;2*1-27-18-5-4-13(14-6-8-28-11-14)9-17(18)26-21-19-15(16-3-2-7-22-16)10-23-20(19)24-12-25-21/h2-10,12-14H,11H2,1H3,(H2,25,26,27,28);2-9,11-13H,10H2,1H3,(H2,25,26,27,28);2*2-6,8-12H,7H2,1H3,(H2,23,24,25,26). The van der Waals surface area contributed by atoms with Crippen molar-refractivity contribution in [3.05, 3.63) is 284 Å². The molecule has 560 valence electrons. The largest absolute Gasteiger partial charge is 0.495 e. The number of hydrogen-bond donors (Lipinski definition) is 8. The van der Waals surface area contributed by atoms with Gasteiger partial charge in [-0.15, -0.1) is 0 Å². The number of anilines is 8. The first-order valence-corrected chi connectivity index (χ1v) is 37.2. The van der Waals surface area contributed by atoms with Crippen LogP contribution in [0.5, 0.6) is 23.0 Å². The van der Waals surface area contributed by atoms with Gasteiger partial charge in [0.1, 0.15) is 94.2 Å². The zero-order valence-electron chi connectivity index (χ0n) is 61.9. The molecule has 8 N–H and O–H groups in total. The van der Waals surface area contributed by atoms with Gasteiger partial charge in [0, 0.05) is 64.4 Å². The fourth-order valence-corrected chi connectivity index (χ4v) is 14.3. The number of aromatic nitrogens is 13. The maximum absolute atomic E-state index is 5.58. The highest BCUT2D eigenvalue weighted by molar-refractivity contribution is 7.08. The molecule has 0 aliphatic carbocycles. The number of nitrogens with zero attached hydrogens (tertiary/aromatic N) is 13. The maximum Gasteiger partial charge on any atom is 0.144 e. The third-order valence-electron chi connectivity index (χ3n) is 19.1. The Labute approximate surface area is 656 Å². The van der Waals surface area contributed by atoms with Gasteiger partial charge in [0.25, 0.3) is 0 Å². The van der Waals surface area contributed by atoms with Gasteiger partial charge in [0.2, 0.25) is 0 Å². The van der Waals surface area contributed by atoms with E-state index < -0.39 is 0 Å². The molecule has 4 aliphatic heterocycles. The molecule has 15 heterocycles. The number of pyridine rings is 1. The fraction of sp³-hybridized carbons (Fsp3) is 0.0920. The second-order valence-electron chi connectivity index (χ2n) is 25.9. The molecular weight excluding hydrogens is 1450 g/mol. The molecule has 0 unspecified atom stereocenters. The Morgan fingerprint density at radius 1 is 0.351 bits per heavy atom. The van der Waals surface area contributed by atoms with E-state index in [1.54, 1.807) is 71.2 Å². The average molecular weight is 1520 g/mol. The molecule has 11 aromatic heterocycles. The van der Waals surface area contributed by atoms with Crippen LogP contribution in [0.15, 0.2) is 286 Å². The van der Waals surface area contributed by atoms with E-state index in [0.717, 1.165) is 163 Å². The number of aromatic amines is 4. The number of nitrogens with one attached hydrogen (secondary N) is 8. The first-order valence-electron chi connectivity index (χ1n) is 36.3. The maximum atomic E-state index is 5.58. The number of benzene rings is 5. The zero-order chi connectivity index (χ0) is 77.1. The van der Waals surface area contributed by atoms with Crippen LogP contribution in [0.1, 0.15) is 22.3 Å². The summed E-state index contributed by atoms with van der Waals surface area (Å²) in [5, 5.41) is 21.5. The van der Waals surface area contributed by atoms with Gasteiger partial charge in [-0.05, 0) is 142 Å². The SMILES string of the molecule is COc1ccc(-c2ccccc2)cc1Nc1ncnc2[nH]cc(C3=NCC=C3)c12.COc1ccc(-c2ccccn2)cc1Nc1ncnc2[nH]cc(C3=NCC=C3)c12.COc1ccc(-c2ccoc2)cc1Nc1ncnc2[nH]cc(C3=NCC=C3)c12.COc1ccc(-c2ccsc2)cc1Nc1ncnc2[nH]cc(C3=NCC=C3)c12. The molecule has 114 heavy (non-hydrogen) atoms. The van der Waals surface area contributed by atoms with Crippen molar-refractivity contribution in [2.24, 2.45) is 20.0 Å². The van der Waals surface area contributed by atoms with Gasteiger partial charge < -0.3 is 64.6 Å². The summed E-state index contributed by atoms with van der Waals surface area (Å²) in [5.74, 6) is 5.72. The number of methoxy groups -OCH3 is 4. The van der Waals surface area contributed by atoms with Gasteiger partial charge in [-0.2, -0.15) is 11.3 Å².